The number of carbonyl (C=O) groups excluding carboxylic acids is 1. The quantitative estimate of drug-likeness (QED) is 0.652. The molecule has 0 saturated carbocycles. The van der Waals surface area contributed by atoms with Gasteiger partial charge in [-0.05, 0) is 33.2 Å². The van der Waals surface area contributed by atoms with Crippen molar-refractivity contribution < 1.29 is 17.7 Å². The predicted octanol–water partition coefficient (Wildman–Crippen LogP) is 1.46. The van der Waals surface area contributed by atoms with E-state index in [0.29, 0.717) is 50.6 Å². The highest BCUT2D eigenvalue weighted by Crippen LogP contribution is 2.24. The van der Waals surface area contributed by atoms with Crippen molar-refractivity contribution in [3.05, 3.63) is 11.5 Å². The van der Waals surface area contributed by atoms with E-state index in [4.69, 9.17) is 10.3 Å². The van der Waals surface area contributed by atoms with Crippen molar-refractivity contribution in [1.82, 2.24) is 14.4 Å². The summed E-state index contributed by atoms with van der Waals surface area (Å²) in [6.07, 6.45) is 4.42. The van der Waals surface area contributed by atoms with E-state index in [2.05, 4.69) is 5.16 Å². The number of hydrogen-bond acceptors (Lipinski definition) is 6. The Hall–Kier alpha value is -1.16. The SMILES string of the molecule is Cc1noc(C)c1S(=O)(=O)N1CCN(C(=O)CCCCCCN)CC1.Cl. The smallest absolute Gasteiger partial charge is 0.248 e. The lowest BCUT2D eigenvalue weighted by atomic mass is 10.1. The van der Waals surface area contributed by atoms with Crippen LogP contribution in [0.5, 0.6) is 0 Å². The molecule has 1 aromatic rings. The summed E-state index contributed by atoms with van der Waals surface area (Å²) in [6, 6.07) is 0. The summed E-state index contributed by atoms with van der Waals surface area (Å²) in [5.74, 6) is 0.399. The van der Waals surface area contributed by atoms with E-state index in [0.717, 1.165) is 25.7 Å². The molecule has 0 bridgehead atoms. The molecule has 2 heterocycles. The lowest BCUT2D eigenvalue weighted by Gasteiger charge is -2.34. The van der Waals surface area contributed by atoms with Crippen LogP contribution in [0.25, 0.3) is 0 Å². The van der Waals surface area contributed by atoms with Gasteiger partial charge in [-0.25, -0.2) is 8.42 Å². The molecule has 8 nitrogen and oxygen atoms in total. The molecule has 0 atom stereocenters. The fourth-order valence-corrected chi connectivity index (χ4v) is 4.80. The highest BCUT2D eigenvalue weighted by Gasteiger charge is 2.34. The molecular formula is C16H29ClN4O4S. The largest absolute Gasteiger partial charge is 0.360 e. The summed E-state index contributed by atoms with van der Waals surface area (Å²) >= 11 is 0. The Bertz CT molecular complexity index is 665. The Morgan fingerprint density at radius 2 is 1.73 bits per heavy atom. The Morgan fingerprint density at radius 3 is 2.27 bits per heavy atom. The normalized spacial score (nSPS) is 15.7. The Kier molecular flexibility index (Phi) is 9.02. The second-order valence-corrected chi connectivity index (χ2v) is 8.27. The fraction of sp³-hybridized carbons (Fsp3) is 0.750. The van der Waals surface area contributed by atoms with Gasteiger partial charge in [0.05, 0.1) is 0 Å². The van der Waals surface area contributed by atoms with Gasteiger partial charge in [-0.1, -0.05) is 18.0 Å². The van der Waals surface area contributed by atoms with Crippen LogP contribution < -0.4 is 5.73 Å². The molecule has 1 amide bonds. The first-order chi connectivity index (χ1) is 11.9. The average molecular weight is 409 g/mol. The zero-order valence-electron chi connectivity index (χ0n) is 15.4. The molecule has 0 radical (unpaired) electrons. The number of unbranched alkanes of at least 4 members (excludes halogenated alkanes) is 3. The first-order valence-corrected chi connectivity index (χ1v) is 10.2. The van der Waals surface area contributed by atoms with Crippen LogP contribution in [0.3, 0.4) is 0 Å². The molecule has 1 aliphatic heterocycles. The fourth-order valence-electron chi connectivity index (χ4n) is 3.08. The maximum atomic E-state index is 12.8. The molecule has 2 rings (SSSR count). The minimum atomic E-state index is -3.63. The Morgan fingerprint density at radius 1 is 1.12 bits per heavy atom. The van der Waals surface area contributed by atoms with Crippen LogP contribution in [0.4, 0.5) is 0 Å². The molecule has 10 heteroatoms. The molecule has 2 N–H and O–H groups in total. The summed E-state index contributed by atoms with van der Waals surface area (Å²) in [6.45, 7) is 5.34. The van der Waals surface area contributed by atoms with Gasteiger partial charge in [-0.3, -0.25) is 4.79 Å². The number of aromatic nitrogens is 1. The third kappa shape index (κ3) is 5.42. The summed E-state index contributed by atoms with van der Waals surface area (Å²) in [5.41, 5.74) is 5.82. The van der Waals surface area contributed by atoms with E-state index in [-0.39, 0.29) is 23.2 Å². The third-order valence-electron chi connectivity index (χ3n) is 4.50. The van der Waals surface area contributed by atoms with Crippen LogP contribution in [0.15, 0.2) is 9.42 Å². The van der Waals surface area contributed by atoms with Crippen molar-refractivity contribution in [2.75, 3.05) is 32.7 Å². The van der Waals surface area contributed by atoms with Gasteiger partial charge < -0.3 is 15.2 Å². The van der Waals surface area contributed by atoms with Crippen LogP contribution in [0.2, 0.25) is 0 Å². The number of sulfonamides is 1. The van der Waals surface area contributed by atoms with E-state index in [9.17, 15) is 13.2 Å². The van der Waals surface area contributed by atoms with Crippen LogP contribution >= 0.6 is 12.4 Å². The number of nitrogens with zero attached hydrogens (tertiary/aromatic N) is 3. The van der Waals surface area contributed by atoms with Gasteiger partial charge in [0.25, 0.3) is 0 Å². The maximum Gasteiger partial charge on any atom is 0.248 e. The lowest BCUT2D eigenvalue weighted by Crippen LogP contribution is -2.50. The lowest BCUT2D eigenvalue weighted by molar-refractivity contribution is -0.132. The van der Waals surface area contributed by atoms with Crippen LogP contribution in [-0.2, 0) is 14.8 Å². The highest BCUT2D eigenvalue weighted by molar-refractivity contribution is 7.89. The van der Waals surface area contributed by atoms with Crippen molar-refractivity contribution in [3.8, 4) is 0 Å². The number of carbonyl (C=O) groups is 1. The van der Waals surface area contributed by atoms with Crippen LogP contribution in [-0.4, -0.2) is 61.4 Å². The van der Waals surface area contributed by atoms with Crippen molar-refractivity contribution in [3.63, 3.8) is 0 Å². The molecule has 0 unspecified atom stereocenters. The van der Waals surface area contributed by atoms with E-state index < -0.39 is 10.0 Å². The number of hydrogen-bond donors (Lipinski definition) is 1. The van der Waals surface area contributed by atoms with Crippen molar-refractivity contribution in [1.29, 1.82) is 0 Å². The predicted molar refractivity (Wildman–Crippen MR) is 101 cm³/mol. The van der Waals surface area contributed by atoms with Gasteiger partial charge in [-0.15, -0.1) is 12.4 Å². The molecule has 0 spiro atoms. The van der Waals surface area contributed by atoms with Crippen LogP contribution in [0, 0.1) is 13.8 Å². The summed E-state index contributed by atoms with van der Waals surface area (Å²) in [7, 11) is -3.63. The van der Waals surface area contributed by atoms with E-state index in [1.807, 2.05) is 0 Å². The van der Waals surface area contributed by atoms with Crippen molar-refractivity contribution in [2.24, 2.45) is 5.73 Å². The second-order valence-electron chi connectivity index (χ2n) is 6.39. The number of nitrogens with two attached hydrogens (primary N) is 1. The second kappa shape index (κ2) is 10.2. The molecule has 1 saturated heterocycles. The number of amides is 1. The number of aryl methyl sites for hydroxylation is 2. The van der Waals surface area contributed by atoms with Gasteiger partial charge >= 0.3 is 0 Å². The minimum Gasteiger partial charge on any atom is -0.360 e. The molecule has 0 aromatic carbocycles. The van der Waals surface area contributed by atoms with E-state index >= 15 is 0 Å². The highest BCUT2D eigenvalue weighted by atomic mass is 35.5. The average Bonchev–Trinajstić information content (AvgIpc) is 2.94. The standard InChI is InChI=1S/C16H28N4O4S.ClH/c1-13-16(14(2)24-18-13)25(22,23)20-11-9-19(10-12-20)15(21)7-5-3-4-6-8-17;/h3-12,17H2,1-2H3;1H. The summed E-state index contributed by atoms with van der Waals surface area (Å²) in [4.78, 5) is 14.1. The molecule has 1 aromatic heterocycles. The molecule has 26 heavy (non-hydrogen) atoms. The topological polar surface area (TPSA) is 110 Å². The van der Waals surface area contributed by atoms with Gasteiger partial charge in [0.2, 0.25) is 15.9 Å². The first-order valence-electron chi connectivity index (χ1n) is 8.78. The zero-order chi connectivity index (χ0) is 18.4. The molecule has 1 aliphatic rings. The van der Waals surface area contributed by atoms with Gasteiger partial charge in [0.15, 0.2) is 5.76 Å². The van der Waals surface area contributed by atoms with Gasteiger partial charge in [0, 0.05) is 32.6 Å². The first kappa shape index (κ1) is 22.9. The summed E-state index contributed by atoms with van der Waals surface area (Å²) in [5, 5.41) is 3.72. The number of rotatable bonds is 8. The zero-order valence-corrected chi connectivity index (χ0v) is 17.1. The van der Waals surface area contributed by atoms with Gasteiger partial charge in [0.1, 0.15) is 10.6 Å². The third-order valence-corrected chi connectivity index (χ3v) is 6.65. The van der Waals surface area contributed by atoms with Crippen LogP contribution in [0.1, 0.15) is 43.6 Å². The summed E-state index contributed by atoms with van der Waals surface area (Å²) < 4.78 is 31.9. The monoisotopic (exact) mass is 408 g/mol. The number of piperazine rings is 1. The van der Waals surface area contributed by atoms with E-state index in [1.165, 1.54) is 4.31 Å². The molecule has 0 aliphatic carbocycles. The minimum absolute atomic E-state index is 0. The number of halogens is 1. The molecular weight excluding hydrogens is 380 g/mol. The molecule has 150 valence electrons. The van der Waals surface area contributed by atoms with E-state index in [1.54, 1.807) is 18.7 Å². The Labute approximate surface area is 161 Å². The van der Waals surface area contributed by atoms with Crippen molar-refractivity contribution >= 4 is 28.3 Å². The van der Waals surface area contributed by atoms with Gasteiger partial charge in [-0.2, -0.15) is 4.31 Å². The molecule has 1 fully saturated rings. The van der Waals surface area contributed by atoms with Crippen molar-refractivity contribution in [2.45, 2.75) is 50.8 Å². The maximum absolute atomic E-state index is 12.8. The Balaban J connectivity index is 0.00000338.